The summed E-state index contributed by atoms with van der Waals surface area (Å²) in [5.74, 6) is -0.151. The summed E-state index contributed by atoms with van der Waals surface area (Å²) in [6.45, 7) is 1.78. The summed E-state index contributed by atoms with van der Waals surface area (Å²) in [6.07, 6.45) is 3.57. The topological polar surface area (TPSA) is 67.2 Å². The van der Waals surface area contributed by atoms with Crippen LogP contribution in [0.1, 0.15) is 18.1 Å². The Labute approximate surface area is 128 Å². The van der Waals surface area contributed by atoms with E-state index in [1.807, 2.05) is 0 Å². The van der Waals surface area contributed by atoms with Crippen LogP contribution < -0.4 is 5.32 Å². The maximum Gasteiger partial charge on any atom is 0.224 e. The number of nitrogens with one attached hydrogen (secondary N) is 1. The Morgan fingerprint density at radius 2 is 2.10 bits per heavy atom. The molecule has 1 aromatic heterocycles. The number of aliphatic hydroxyl groups is 1. The number of rotatable bonds is 5. The molecule has 5 nitrogen and oxygen atoms in total. The van der Waals surface area contributed by atoms with Gasteiger partial charge in [0.15, 0.2) is 0 Å². The van der Waals surface area contributed by atoms with E-state index in [1.54, 1.807) is 55.3 Å². The molecule has 1 aromatic carbocycles. The molecule has 0 saturated carbocycles. The van der Waals surface area contributed by atoms with Crippen LogP contribution in [0, 0.1) is 0 Å². The molecule has 0 spiro atoms. The fourth-order valence-corrected chi connectivity index (χ4v) is 2.05. The van der Waals surface area contributed by atoms with E-state index in [9.17, 15) is 9.90 Å². The smallest absolute Gasteiger partial charge is 0.224 e. The monoisotopic (exact) mass is 307 g/mol. The normalized spacial score (nSPS) is 13.7. The highest BCUT2D eigenvalue weighted by Crippen LogP contribution is 2.18. The predicted molar refractivity (Wildman–Crippen MR) is 80.9 cm³/mol. The maximum atomic E-state index is 11.9. The Kier molecular flexibility index (Phi) is 4.65. The molecule has 1 atom stereocenters. The van der Waals surface area contributed by atoms with Crippen LogP contribution in [-0.4, -0.2) is 27.3 Å². The second-order valence-corrected chi connectivity index (χ2v) is 5.69. The molecule has 2 aromatic rings. The van der Waals surface area contributed by atoms with E-state index < -0.39 is 5.60 Å². The molecular weight excluding hydrogens is 290 g/mol. The molecule has 1 amide bonds. The van der Waals surface area contributed by atoms with Gasteiger partial charge in [-0.25, -0.2) is 0 Å². The molecule has 0 saturated heterocycles. The van der Waals surface area contributed by atoms with E-state index >= 15 is 0 Å². The first-order valence-electron chi connectivity index (χ1n) is 6.59. The molecule has 21 heavy (non-hydrogen) atoms. The SMILES string of the molecule is Cn1cc(C(C)(O)CNC(=O)Cc2ccc(Cl)cc2)cn1. The average molecular weight is 308 g/mol. The van der Waals surface area contributed by atoms with Gasteiger partial charge in [-0.3, -0.25) is 9.48 Å². The maximum absolute atomic E-state index is 11.9. The van der Waals surface area contributed by atoms with E-state index in [0.29, 0.717) is 10.6 Å². The molecule has 2 rings (SSSR count). The van der Waals surface area contributed by atoms with Gasteiger partial charge in [0.05, 0.1) is 19.2 Å². The van der Waals surface area contributed by atoms with Crippen LogP contribution >= 0.6 is 11.6 Å². The molecule has 0 bridgehead atoms. The zero-order valence-electron chi connectivity index (χ0n) is 12.0. The van der Waals surface area contributed by atoms with Crippen LogP contribution in [0.15, 0.2) is 36.7 Å². The molecule has 6 heteroatoms. The van der Waals surface area contributed by atoms with Crippen molar-refractivity contribution in [3.05, 3.63) is 52.8 Å². The Bertz CT molecular complexity index is 620. The third-order valence-corrected chi connectivity index (χ3v) is 3.49. The highest BCUT2D eigenvalue weighted by atomic mass is 35.5. The highest BCUT2D eigenvalue weighted by molar-refractivity contribution is 6.30. The van der Waals surface area contributed by atoms with Crippen LogP contribution in [0.4, 0.5) is 0 Å². The number of carbonyl (C=O) groups excluding carboxylic acids is 1. The lowest BCUT2D eigenvalue weighted by molar-refractivity contribution is -0.121. The van der Waals surface area contributed by atoms with Gasteiger partial charge in [-0.2, -0.15) is 5.10 Å². The third kappa shape index (κ3) is 4.31. The van der Waals surface area contributed by atoms with Crippen molar-refractivity contribution in [2.75, 3.05) is 6.54 Å². The van der Waals surface area contributed by atoms with Crippen molar-refractivity contribution in [1.29, 1.82) is 0 Å². The Morgan fingerprint density at radius 1 is 1.43 bits per heavy atom. The first kappa shape index (κ1) is 15.5. The van der Waals surface area contributed by atoms with E-state index in [4.69, 9.17) is 11.6 Å². The fourth-order valence-electron chi connectivity index (χ4n) is 1.92. The molecule has 0 fully saturated rings. The van der Waals surface area contributed by atoms with Crippen LogP contribution in [0.5, 0.6) is 0 Å². The van der Waals surface area contributed by atoms with E-state index in [-0.39, 0.29) is 18.9 Å². The minimum atomic E-state index is -1.15. The van der Waals surface area contributed by atoms with E-state index in [2.05, 4.69) is 10.4 Å². The van der Waals surface area contributed by atoms with E-state index in [1.165, 1.54) is 0 Å². The summed E-state index contributed by atoms with van der Waals surface area (Å²) < 4.78 is 1.61. The number of aryl methyl sites for hydroxylation is 1. The van der Waals surface area contributed by atoms with Gasteiger partial charge < -0.3 is 10.4 Å². The zero-order chi connectivity index (χ0) is 15.5. The van der Waals surface area contributed by atoms with Crippen LogP contribution in [0.25, 0.3) is 0 Å². The third-order valence-electron chi connectivity index (χ3n) is 3.23. The number of nitrogens with zero attached hydrogens (tertiary/aromatic N) is 2. The summed E-state index contributed by atoms with van der Waals surface area (Å²) in [5.41, 5.74) is 0.388. The van der Waals surface area contributed by atoms with Gasteiger partial charge in [0, 0.05) is 23.8 Å². The first-order chi connectivity index (χ1) is 9.87. The minimum absolute atomic E-state index is 0.130. The molecule has 112 valence electrons. The Balaban J connectivity index is 1.90. The molecule has 1 heterocycles. The molecular formula is C15H18ClN3O2. The van der Waals surface area contributed by atoms with E-state index in [0.717, 1.165) is 5.56 Å². The van der Waals surface area contributed by atoms with Gasteiger partial charge in [-0.15, -0.1) is 0 Å². The lowest BCUT2D eigenvalue weighted by Gasteiger charge is -2.22. The van der Waals surface area contributed by atoms with Crippen molar-refractivity contribution in [3.8, 4) is 0 Å². The zero-order valence-corrected chi connectivity index (χ0v) is 12.8. The van der Waals surface area contributed by atoms with Crippen molar-refractivity contribution in [2.24, 2.45) is 7.05 Å². The van der Waals surface area contributed by atoms with Crippen molar-refractivity contribution in [3.63, 3.8) is 0 Å². The van der Waals surface area contributed by atoms with Crippen molar-refractivity contribution < 1.29 is 9.90 Å². The second-order valence-electron chi connectivity index (χ2n) is 5.26. The molecule has 1 unspecified atom stereocenters. The van der Waals surface area contributed by atoms with Crippen molar-refractivity contribution >= 4 is 17.5 Å². The Morgan fingerprint density at radius 3 is 2.67 bits per heavy atom. The quantitative estimate of drug-likeness (QED) is 0.882. The van der Waals surface area contributed by atoms with Crippen LogP contribution in [0.2, 0.25) is 5.02 Å². The number of hydrogen-bond acceptors (Lipinski definition) is 3. The number of benzene rings is 1. The number of amides is 1. The summed E-state index contributed by atoms with van der Waals surface area (Å²) in [6, 6.07) is 7.11. The standard InChI is InChI=1S/C15H18ClN3O2/c1-15(21,12-8-18-19(2)9-12)10-17-14(20)7-11-3-5-13(16)6-4-11/h3-6,8-9,21H,7,10H2,1-2H3,(H,17,20). The van der Waals surface area contributed by atoms with Crippen molar-refractivity contribution in [1.82, 2.24) is 15.1 Å². The largest absolute Gasteiger partial charge is 0.383 e. The number of halogens is 1. The summed E-state index contributed by atoms with van der Waals surface area (Å²) in [4.78, 5) is 11.9. The Hall–Kier alpha value is -1.85. The molecule has 0 aliphatic heterocycles. The highest BCUT2D eigenvalue weighted by Gasteiger charge is 2.25. The predicted octanol–water partition coefficient (Wildman–Crippen LogP) is 1.64. The lowest BCUT2D eigenvalue weighted by Crippen LogP contribution is -2.39. The molecule has 2 N–H and O–H groups in total. The van der Waals surface area contributed by atoms with Gasteiger partial charge in [-0.1, -0.05) is 23.7 Å². The summed E-state index contributed by atoms with van der Waals surface area (Å²) >= 11 is 5.80. The van der Waals surface area contributed by atoms with Gasteiger partial charge in [0.25, 0.3) is 0 Å². The average Bonchev–Trinajstić information content (AvgIpc) is 2.87. The van der Waals surface area contributed by atoms with Gasteiger partial charge in [-0.05, 0) is 24.6 Å². The molecule has 0 aliphatic rings. The number of carbonyl (C=O) groups is 1. The second kappa shape index (κ2) is 6.28. The van der Waals surface area contributed by atoms with Gasteiger partial charge in [0.1, 0.15) is 5.60 Å². The summed E-state index contributed by atoms with van der Waals surface area (Å²) in [5, 5.41) is 17.8. The van der Waals surface area contributed by atoms with Gasteiger partial charge >= 0.3 is 0 Å². The minimum Gasteiger partial charge on any atom is -0.383 e. The number of aromatic nitrogens is 2. The number of hydrogen-bond donors (Lipinski definition) is 2. The molecule has 0 aliphatic carbocycles. The van der Waals surface area contributed by atoms with Crippen molar-refractivity contribution in [2.45, 2.75) is 18.9 Å². The lowest BCUT2D eigenvalue weighted by atomic mass is 9.99. The first-order valence-corrected chi connectivity index (χ1v) is 6.97. The van der Waals surface area contributed by atoms with Crippen LogP contribution in [0.3, 0.4) is 0 Å². The van der Waals surface area contributed by atoms with Crippen LogP contribution in [-0.2, 0) is 23.9 Å². The molecule has 0 radical (unpaired) electrons. The van der Waals surface area contributed by atoms with Gasteiger partial charge in [0.2, 0.25) is 5.91 Å². The fraction of sp³-hybridized carbons (Fsp3) is 0.333. The summed E-state index contributed by atoms with van der Waals surface area (Å²) in [7, 11) is 1.78.